The highest BCUT2D eigenvalue weighted by molar-refractivity contribution is 6.34. The van der Waals surface area contributed by atoms with Crippen molar-refractivity contribution in [1.29, 1.82) is 0 Å². The summed E-state index contributed by atoms with van der Waals surface area (Å²) in [6, 6.07) is 4.19. The third-order valence-electron chi connectivity index (χ3n) is 3.05. The Balaban J connectivity index is 2.20. The first-order valence-electron chi connectivity index (χ1n) is 6.04. The van der Waals surface area contributed by atoms with Crippen LogP contribution in [-0.2, 0) is 0 Å². The highest BCUT2D eigenvalue weighted by Gasteiger charge is 2.25. The van der Waals surface area contributed by atoms with Crippen LogP contribution >= 0.6 is 11.6 Å². The molecule has 102 valence electrons. The van der Waals surface area contributed by atoms with Gasteiger partial charge >= 0.3 is 0 Å². The number of hydrogen-bond donors (Lipinski definition) is 2. The van der Waals surface area contributed by atoms with E-state index in [-0.39, 0.29) is 22.3 Å². The summed E-state index contributed by atoms with van der Waals surface area (Å²) in [5.41, 5.74) is -0.339. The number of rotatable bonds is 3. The number of benzene rings is 1. The standard InChI is InChI=1S/C12H14ClN3O3/c13-9-4-1-5-10(16(18)19)11(9)12(17)15-8-3-2-6-14-7-8/h1,4-5,8,14H,2-3,6-7H2,(H,15,17)/t8-/m1/s1. The molecule has 1 atom stereocenters. The van der Waals surface area contributed by atoms with Crippen LogP contribution in [0.1, 0.15) is 23.2 Å². The van der Waals surface area contributed by atoms with Gasteiger partial charge in [0, 0.05) is 18.7 Å². The number of nitrogens with zero attached hydrogens (tertiary/aromatic N) is 1. The van der Waals surface area contributed by atoms with Crippen LogP contribution in [0.25, 0.3) is 0 Å². The van der Waals surface area contributed by atoms with Gasteiger partial charge in [0.05, 0.1) is 9.95 Å². The molecule has 1 aliphatic rings. The Kier molecular flexibility index (Phi) is 4.34. The number of nitro groups is 1. The van der Waals surface area contributed by atoms with Crippen LogP contribution < -0.4 is 10.6 Å². The van der Waals surface area contributed by atoms with Crippen molar-refractivity contribution in [3.63, 3.8) is 0 Å². The number of carbonyl (C=O) groups excluding carboxylic acids is 1. The van der Waals surface area contributed by atoms with Crippen LogP contribution in [0.15, 0.2) is 18.2 Å². The zero-order valence-electron chi connectivity index (χ0n) is 10.2. The molecule has 0 aromatic heterocycles. The Bertz CT molecular complexity index is 501. The maximum absolute atomic E-state index is 12.1. The highest BCUT2D eigenvalue weighted by Crippen LogP contribution is 2.26. The average molecular weight is 284 g/mol. The SMILES string of the molecule is O=C(N[C@@H]1CCCNC1)c1c(Cl)cccc1[N+](=O)[O-]. The minimum atomic E-state index is -0.597. The Labute approximate surface area is 115 Å². The lowest BCUT2D eigenvalue weighted by atomic mass is 10.1. The van der Waals surface area contributed by atoms with E-state index >= 15 is 0 Å². The van der Waals surface area contributed by atoms with Crippen LogP contribution in [0.4, 0.5) is 5.69 Å². The van der Waals surface area contributed by atoms with Gasteiger partial charge in [-0.15, -0.1) is 0 Å². The molecule has 0 aliphatic carbocycles. The molecule has 1 heterocycles. The summed E-state index contributed by atoms with van der Waals surface area (Å²) in [4.78, 5) is 22.5. The van der Waals surface area contributed by atoms with Crippen molar-refractivity contribution < 1.29 is 9.72 Å². The van der Waals surface area contributed by atoms with Gasteiger partial charge in [0.15, 0.2) is 0 Å². The summed E-state index contributed by atoms with van der Waals surface area (Å²) in [7, 11) is 0. The second-order valence-electron chi connectivity index (χ2n) is 4.41. The Morgan fingerprint density at radius 1 is 1.53 bits per heavy atom. The normalized spacial score (nSPS) is 18.9. The first-order valence-corrected chi connectivity index (χ1v) is 6.42. The minimum Gasteiger partial charge on any atom is -0.348 e. The van der Waals surface area contributed by atoms with Crippen LogP contribution in [0.3, 0.4) is 0 Å². The van der Waals surface area contributed by atoms with Gasteiger partial charge in [-0.05, 0) is 25.5 Å². The second-order valence-corrected chi connectivity index (χ2v) is 4.82. The molecular formula is C12H14ClN3O3. The zero-order chi connectivity index (χ0) is 13.8. The summed E-state index contributed by atoms with van der Waals surface area (Å²) in [5.74, 6) is -0.494. The van der Waals surface area contributed by atoms with Gasteiger partial charge < -0.3 is 10.6 Å². The topological polar surface area (TPSA) is 84.3 Å². The summed E-state index contributed by atoms with van der Waals surface area (Å²) in [6.45, 7) is 1.60. The predicted octanol–water partition coefficient (Wildman–Crippen LogP) is 1.73. The van der Waals surface area contributed by atoms with E-state index in [1.807, 2.05) is 0 Å². The fraction of sp³-hybridized carbons (Fsp3) is 0.417. The number of amides is 1. The fourth-order valence-electron chi connectivity index (χ4n) is 2.12. The number of nitro benzene ring substituents is 1. The van der Waals surface area contributed by atoms with Gasteiger partial charge in [-0.1, -0.05) is 17.7 Å². The third kappa shape index (κ3) is 3.21. The molecule has 1 amide bonds. The van der Waals surface area contributed by atoms with Crippen LogP contribution in [0.2, 0.25) is 5.02 Å². The lowest BCUT2D eigenvalue weighted by Gasteiger charge is -2.23. The summed E-state index contributed by atoms with van der Waals surface area (Å²) in [5, 5.41) is 17.0. The van der Waals surface area contributed by atoms with E-state index in [2.05, 4.69) is 10.6 Å². The Hall–Kier alpha value is -1.66. The van der Waals surface area contributed by atoms with Gasteiger partial charge in [0.25, 0.3) is 11.6 Å². The maximum Gasteiger partial charge on any atom is 0.283 e. The van der Waals surface area contributed by atoms with Gasteiger partial charge in [-0.2, -0.15) is 0 Å². The molecule has 0 radical (unpaired) electrons. The van der Waals surface area contributed by atoms with Crippen molar-refractivity contribution in [3.8, 4) is 0 Å². The lowest BCUT2D eigenvalue weighted by molar-refractivity contribution is -0.385. The second kappa shape index (κ2) is 5.99. The van der Waals surface area contributed by atoms with Crippen LogP contribution in [0, 0.1) is 10.1 Å². The van der Waals surface area contributed by atoms with E-state index in [9.17, 15) is 14.9 Å². The van der Waals surface area contributed by atoms with E-state index < -0.39 is 10.8 Å². The van der Waals surface area contributed by atoms with Crippen LogP contribution in [-0.4, -0.2) is 30.0 Å². The molecule has 0 bridgehead atoms. The van der Waals surface area contributed by atoms with Crippen molar-refractivity contribution in [3.05, 3.63) is 38.9 Å². The quantitative estimate of drug-likeness (QED) is 0.653. The summed E-state index contributed by atoms with van der Waals surface area (Å²) in [6.07, 6.45) is 1.83. The number of halogens is 1. The summed E-state index contributed by atoms with van der Waals surface area (Å²) >= 11 is 5.91. The van der Waals surface area contributed by atoms with Crippen molar-refractivity contribution in [1.82, 2.24) is 10.6 Å². The maximum atomic E-state index is 12.1. The van der Waals surface area contributed by atoms with E-state index in [0.29, 0.717) is 6.54 Å². The monoisotopic (exact) mass is 283 g/mol. The first kappa shape index (κ1) is 13.8. The number of nitrogens with one attached hydrogen (secondary N) is 2. The first-order chi connectivity index (χ1) is 9.09. The zero-order valence-corrected chi connectivity index (χ0v) is 10.9. The molecule has 0 spiro atoms. The molecule has 1 aromatic carbocycles. The van der Waals surface area contributed by atoms with E-state index in [0.717, 1.165) is 19.4 Å². The molecule has 1 fully saturated rings. The molecule has 7 heteroatoms. The molecule has 0 saturated carbocycles. The third-order valence-corrected chi connectivity index (χ3v) is 3.36. The van der Waals surface area contributed by atoms with E-state index in [4.69, 9.17) is 11.6 Å². The summed E-state index contributed by atoms with van der Waals surface area (Å²) < 4.78 is 0. The van der Waals surface area contributed by atoms with Gasteiger partial charge in [0.2, 0.25) is 0 Å². The van der Waals surface area contributed by atoms with Crippen molar-refractivity contribution in [2.75, 3.05) is 13.1 Å². The van der Waals surface area contributed by atoms with Crippen molar-refractivity contribution in [2.45, 2.75) is 18.9 Å². The van der Waals surface area contributed by atoms with Gasteiger partial charge in [0.1, 0.15) is 5.56 Å². The lowest BCUT2D eigenvalue weighted by Crippen LogP contribution is -2.45. The Morgan fingerprint density at radius 2 is 2.32 bits per heavy atom. The smallest absolute Gasteiger partial charge is 0.283 e. The molecule has 1 aromatic rings. The Morgan fingerprint density at radius 3 is 2.95 bits per heavy atom. The molecule has 0 unspecified atom stereocenters. The largest absolute Gasteiger partial charge is 0.348 e. The van der Waals surface area contributed by atoms with Gasteiger partial charge in [-0.25, -0.2) is 0 Å². The van der Waals surface area contributed by atoms with Crippen molar-refractivity contribution >= 4 is 23.2 Å². The molecule has 2 N–H and O–H groups in total. The number of carbonyl (C=O) groups is 1. The van der Waals surface area contributed by atoms with Crippen LogP contribution in [0.5, 0.6) is 0 Å². The van der Waals surface area contributed by atoms with Gasteiger partial charge in [-0.3, -0.25) is 14.9 Å². The van der Waals surface area contributed by atoms with E-state index in [1.165, 1.54) is 18.2 Å². The number of piperidine rings is 1. The molecule has 1 aliphatic heterocycles. The molecule has 2 rings (SSSR count). The highest BCUT2D eigenvalue weighted by atomic mass is 35.5. The molecular weight excluding hydrogens is 270 g/mol. The average Bonchev–Trinajstić information content (AvgIpc) is 2.39. The molecule has 19 heavy (non-hydrogen) atoms. The predicted molar refractivity (Wildman–Crippen MR) is 71.5 cm³/mol. The van der Waals surface area contributed by atoms with E-state index in [1.54, 1.807) is 0 Å². The molecule has 1 saturated heterocycles. The minimum absolute atomic E-state index is 0.0165. The van der Waals surface area contributed by atoms with Crippen molar-refractivity contribution in [2.24, 2.45) is 0 Å². The molecule has 6 nitrogen and oxygen atoms in total. The number of hydrogen-bond acceptors (Lipinski definition) is 4. The fourth-order valence-corrected chi connectivity index (χ4v) is 2.38.